The maximum Gasteiger partial charge on any atom is 0.289 e. The van der Waals surface area contributed by atoms with Crippen molar-refractivity contribution < 1.29 is 22.9 Å². The number of nitro groups is 1. The SMILES string of the molecule is Cl.NC(C(=O)NCCNS(=O)(=O)c1ccccc1[N+](=O)[O-])C1CCOCC1. The van der Waals surface area contributed by atoms with E-state index in [1.165, 1.54) is 12.1 Å². The minimum Gasteiger partial charge on any atom is -0.381 e. The molecule has 0 radical (unpaired) electrons. The van der Waals surface area contributed by atoms with Gasteiger partial charge in [-0.3, -0.25) is 14.9 Å². The molecule has 1 saturated heterocycles. The molecule has 1 aliphatic rings. The Morgan fingerprint density at radius 3 is 2.56 bits per heavy atom. The summed E-state index contributed by atoms with van der Waals surface area (Å²) in [5.41, 5.74) is 5.41. The van der Waals surface area contributed by atoms with Gasteiger partial charge < -0.3 is 15.8 Å². The summed E-state index contributed by atoms with van der Waals surface area (Å²) in [6.45, 7) is 1.05. The number of rotatable bonds is 8. The van der Waals surface area contributed by atoms with Crippen molar-refractivity contribution in [1.29, 1.82) is 0 Å². The molecule has 1 aromatic carbocycles. The third kappa shape index (κ3) is 6.40. The lowest BCUT2D eigenvalue weighted by molar-refractivity contribution is -0.387. The second-order valence-corrected chi connectivity index (χ2v) is 7.62. The molecule has 1 amide bonds. The summed E-state index contributed by atoms with van der Waals surface area (Å²) in [7, 11) is -4.07. The second kappa shape index (κ2) is 10.5. The topological polar surface area (TPSA) is 154 Å². The fourth-order valence-electron chi connectivity index (χ4n) is 2.69. The highest BCUT2D eigenvalue weighted by Gasteiger charge is 2.27. The zero-order chi connectivity index (χ0) is 19.2. The molecule has 0 saturated carbocycles. The van der Waals surface area contributed by atoms with Gasteiger partial charge in [0.1, 0.15) is 0 Å². The van der Waals surface area contributed by atoms with Crippen LogP contribution >= 0.6 is 12.4 Å². The highest BCUT2D eigenvalue weighted by atomic mass is 35.5. The van der Waals surface area contributed by atoms with E-state index < -0.39 is 31.6 Å². The molecule has 0 aliphatic carbocycles. The summed E-state index contributed by atoms with van der Waals surface area (Å²) in [6.07, 6.45) is 1.41. The second-order valence-electron chi connectivity index (χ2n) is 5.89. The van der Waals surface area contributed by atoms with Gasteiger partial charge in [0.2, 0.25) is 15.9 Å². The smallest absolute Gasteiger partial charge is 0.289 e. The molecule has 1 unspecified atom stereocenters. The number of nitrogens with zero attached hydrogens (tertiary/aromatic N) is 1. The van der Waals surface area contributed by atoms with Gasteiger partial charge in [0.05, 0.1) is 11.0 Å². The molecule has 1 heterocycles. The first-order chi connectivity index (χ1) is 12.3. The number of nitrogens with two attached hydrogens (primary N) is 1. The van der Waals surface area contributed by atoms with Crippen molar-refractivity contribution in [2.24, 2.45) is 11.7 Å². The van der Waals surface area contributed by atoms with Crippen molar-refractivity contribution in [2.45, 2.75) is 23.8 Å². The fraction of sp³-hybridized carbons (Fsp3) is 0.533. The third-order valence-corrected chi connectivity index (χ3v) is 5.65. The third-order valence-electron chi connectivity index (χ3n) is 4.14. The normalized spacial score (nSPS) is 16.2. The van der Waals surface area contributed by atoms with E-state index in [0.29, 0.717) is 26.1 Å². The number of halogens is 1. The lowest BCUT2D eigenvalue weighted by Crippen LogP contribution is -2.48. The molecule has 2 rings (SSSR count). The predicted octanol–water partition coefficient (Wildman–Crippen LogP) is 0.165. The van der Waals surface area contributed by atoms with Crippen molar-refractivity contribution in [2.75, 3.05) is 26.3 Å². The molecule has 12 heteroatoms. The van der Waals surface area contributed by atoms with Crippen molar-refractivity contribution in [1.82, 2.24) is 10.0 Å². The van der Waals surface area contributed by atoms with E-state index in [9.17, 15) is 23.3 Å². The average Bonchev–Trinajstić information content (AvgIpc) is 2.65. The summed E-state index contributed by atoms with van der Waals surface area (Å²) in [5.74, 6) is -0.325. The van der Waals surface area contributed by atoms with E-state index in [1.54, 1.807) is 0 Å². The van der Waals surface area contributed by atoms with Gasteiger partial charge in [0.25, 0.3) is 5.69 Å². The molecule has 0 aromatic heterocycles. The van der Waals surface area contributed by atoms with Crippen LogP contribution in [0.4, 0.5) is 5.69 Å². The lowest BCUT2D eigenvalue weighted by atomic mass is 9.92. The summed E-state index contributed by atoms with van der Waals surface area (Å²) in [6, 6.07) is 4.38. The average molecular weight is 423 g/mol. The minimum absolute atomic E-state index is 0. The quantitative estimate of drug-likeness (QED) is 0.306. The van der Waals surface area contributed by atoms with Gasteiger partial charge in [-0.2, -0.15) is 0 Å². The number of nitro benzene ring substituents is 1. The first-order valence-electron chi connectivity index (χ1n) is 8.17. The summed E-state index contributed by atoms with van der Waals surface area (Å²) >= 11 is 0. The highest BCUT2D eigenvalue weighted by molar-refractivity contribution is 7.89. The molecule has 1 fully saturated rings. The van der Waals surface area contributed by atoms with Crippen LogP contribution < -0.4 is 15.8 Å². The molecule has 1 atom stereocenters. The molecule has 1 aliphatic heterocycles. The molecule has 0 spiro atoms. The monoisotopic (exact) mass is 422 g/mol. The Morgan fingerprint density at radius 2 is 1.93 bits per heavy atom. The number of hydrogen-bond donors (Lipinski definition) is 3. The molecule has 1 aromatic rings. The predicted molar refractivity (Wildman–Crippen MR) is 100 cm³/mol. The minimum atomic E-state index is -4.07. The molecule has 0 bridgehead atoms. The number of para-hydroxylation sites is 1. The zero-order valence-electron chi connectivity index (χ0n) is 14.5. The van der Waals surface area contributed by atoms with Crippen LogP contribution in [0.25, 0.3) is 0 Å². The van der Waals surface area contributed by atoms with Gasteiger partial charge in [-0.1, -0.05) is 12.1 Å². The number of sulfonamides is 1. The van der Waals surface area contributed by atoms with E-state index in [-0.39, 0.29) is 37.3 Å². The van der Waals surface area contributed by atoms with Crippen molar-refractivity contribution in [3.05, 3.63) is 34.4 Å². The number of carbonyl (C=O) groups is 1. The van der Waals surface area contributed by atoms with Crippen LogP contribution in [0.5, 0.6) is 0 Å². The van der Waals surface area contributed by atoms with Gasteiger partial charge in [-0.25, -0.2) is 13.1 Å². The highest BCUT2D eigenvalue weighted by Crippen LogP contribution is 2.22. The van der Waals surface area contributed by atoms with E-state index in [0.717, 1.165) is 12.1 Å². The van der Waals surface area contributed by atoms with E-state index in [1.807, 2.05) is 0 Å². The largest absolute Gasteiger partial charge is 0.381 e. The Balaban J connectivity index is 0.00000364. The number of carbonyl (C=O) groups excluding carboxylic acids is 1. The van der Waals surface area contributed by atoms with Crippen molar-refractivity contribution in [3.63, 3.8) is 0 Å². The Bertz CT molecular complexity index is 754. The van der Waals surface area contributed by atoms with Crippen LogP contribution in [-0.2, 0) is 19.6 Å². The summed E-state index contributed by atoms with van der Waals surface area (Å²) < 4.78 is 31.9. The van der Waals surface area contributed by atoms with Crippen LogP contribution in [0.1, 0.15) is 12.8 Å². The maximum atomic E-state index is 12.2. The van der Waals surface area contributed by atoms with Crippen LogP contribution in [0.15, 0.2) is 29.2 Å². The number of ether oxygens (including phenoxy) is 1. The van der Waals surface area contributed by atoms with Gasteiger partial charge in [-0.05, 0) is 24.8 Å². The molecular formula is C15H23ClN4O6S. The van der Waals surface area contributed by atoms with Crippen molar-refractivity contribution >= 4 is 34.0 Å². The Labute approximate surface area is 163 Å². The summed E-state index contributed by atoms with van der Waals surface area (Å²) in [5, 5.41) is 13.5. The number of benzene rings is 1. The Hall–Kier alpha value is -1.79. The number of amides is 1. The number of nitrogens with one attached hydrogen (secondary N) is 2. The molecular weight excluding hydrogens is 400 g/mol. The zero-order valence-corrected chi connectivity index (χ0v) is 16.1. The van der Waals surface area contributed by atoms with Crippen molar-refractivity contribution in [3.8, 4) is 0 Å². The number of hydrogen-bond acceptors (Lipinski definition) is 7. The van der Waals surface area contributed by atoms with E-state index >= 15 is 0 Å². The van der Waals surface area contributed by atoms with E-state index in [4.69, 9.17) is 10.5 Å². The van der Waals surface area contributed by atoms with E-state index in [2.05, 4.69) is 10.0 Å². The first kappa shape index (κ1) is 23.2. The molecule has 4 N–H and O–H groups in total. The van der Waals surface area contributed by atoms with Gasteiger partial charge in [0, 0.05) is 32.4 Å². The summed E-state index contributed by atoms with van der Waals surface area (Å²) in [4.78, 5) is 21.8. The Kier molecular flexibility index (Phi) is 9.06. The molecule has 27 heavy (non-hydrogen) atoms. The van der Waals surface area contributed by atoms with Gasteiger partial charge >= 0.3 is 0 Å². The standard InChI is InChI=1S/C15H22N4O6S.ClH/c16-14(11-5-9-25-10-6-11)15(20)17-7-8-18-26(23,24)13-4-2-1-3-12(13)19(21)22;/h1-4,11,14,18H,5-10,16H2,(H,17,20);1H. The molecule has 152 valence electrons. The van der Waals surface area contributed by atoms with Crippen LogP contribution in [0.3, 0.4) is 0 Å². The Morgan fingerprint density at radius 1 is 1.30 bits per heavy atom. The fourth-order valence-corrected chi connectivity index (χ4v) is 3.89. The van der Waals surface area contributed by atoms with Gasteiger partial charge in [0.15, 0.2) is 4.90 Å². The molecule has 10 nitrogen and oxygen atoms in total. The van der Waals surface area contributed by atoms with Crippen LogP contribution in [0.2, 0.25) is 0 Å². The lowest BCUT2D eigenvalue weighted by Gasteiger charge is -2.26. The van der Waals surface area contributed by atoms with Gasteiger partial charge in [-0.15, -0.1) is 12.4 Å². The van der Waals surface area contributed by atoms with Crippen LogP contribution in [0, 0.1) is 16.0 Å². The maximum absolute atomic E-state index is 12.2. The first-order valence-corrected chi connectivity index (χ1v) is 9.65. The van der Waals surface area contributed by atoms with Crippen LogP contribution in [-0.4, -0.2) is 51.6 Å².